The van der Waals surface area contributed by atoms with Crippen LogP contribution in [0.5, 0.6) is 0 Å². The first-order valence-corrected chi connectivity index (χ1v) is 6.89. The Balaban J connectivity index is 2.09. The van der Waals surface area contributed by atoms with Crippen LogP contribution >= 0.6 is 11.3 Å². The molecule has 0 spiro atoms. The second-order valence-corrected chi connectivity index (χ2v) is 5.23. The molecule has 2 heterocycles. The molecule has 0 unspecified atom stereocenters. The van der Waals surface area contributed by atoms with Crippen LogP contribution in [0, 0.1) is 0 Å². The number of hydrogen-bond donors (Lipinski definition) is 1. The number of aromatic carboxylic acids is 1. The van der Waals surface area contributed by atoms with Crippen molar-refractivity contribution in [2.75, 3.05) is 0 Å². The number of rotatable bonds is 4. The van der Waals surface area contributed by atoms with Gasteiger partial charge in [-0.2, -0.15) is 0 Å². The Morgan fingerprint density at radius 1 is 1.20 bits per heavy atom. The van der Waals surface area contributed by atoms with Gasteiger partial charge in [-0.15, -0.1) is 16.4 Å². The number of nitrogens with zero attached hydrogens (tertiary/aromatic N) is 3. The predicted octanol–water partition coefficient (Wildman–Crippen LogP) is 2.62. The molecule has 2 aromatic heterocycles. The van der Waals surface area contributed by atoms with Gasteiger partial charge in [0.2, 0.25) is 0 Å². The average molecular weight is 285 g/mol. The highest BCUT2D eigenvalue weighted by molar-refractivity contribution is 7.09. The predicted molar refractivity (Wildman–Crippen MR) is 75.4 cm³/mol. The van der Waals surface area contributed by atoms with Crippen molar-refractivity contribution in [2.45, 2.75) is 6.42 Å². The van der Waals surface area contributed by atoms with Gasteiger partial charge in [-0.1, -0.05) is 29.5 Å². The number of carbonyl (C=O) groups is 1. The molecule has 0 aliphatic heterocycles. The maximum atomic E-state index is 11.3. The number of carboxylic acids is 1. The standard InChI is InChI=1S/C14H11N3O2S/c18-14(19)13-12(9-11-7-4-8-20-11)17(16-15-13)10-5-2-1-3-6-10/h1-8H,9H2,(H,18,19). The molecule has 0 bridgehead atoms. The summed E-state index contributed by atoms with van der Waals surface area (Å²) in [7, 11) is 0. The van der Waals surface area contributed by atoms with Crippen LogP contribution in [-0.2, 0) is 6.42 Å². The van der Waals surface area contributed by atoms with E-state index in [-0.39, 0.29) is 5.69 Å². The molecule has 20 heavy (non-hydrogen) atoms. The smallest absolute Gasteiger partial charge is 0.358 e. The Bertz CT molecular complexity index is 720. The summed E-state index contributed by atoms with van der Waals surface area (Å²) in [5.41, 5.74) is 1.40. The molecule has 0 amide bonds. The Kier molecular flexibility index (Phi) is 3.30. The van der Waals surface area contributed by atoms with Crippen molar-refractivity contribution in [3.05, 3.63) is 64.1 Å². The van der Waals surface area contributed by atoms with Crippen LogP contribution in [0.4, 0.5) is 0 Å². The minimum Gasteiger partial charge on any atom is -0.476 e. The molecule has 0 fully saturated rings. The number of benzene rings is 1. The number of para-hydroxylation sites is 1. The van der Waals surface area contributed by atoms with Crippen molar-refractivity contribution >= 4 is 17.3 Å². The molecule has 3 aromatic rings. The Hall–Kier alpha value is -2.47. The first-order chi connectivity index (χ1) is 9.75. The van der Waals surface area contributed by atoms with E-state index in [1.54, 1.807) is 16.0 Å². The summed E-state index contributed by atoms with van der Waals surface area (Å²) in [4.78, 5) is 12.4. The van der Waals surface area contributed by atoms with Crippen LogP contribution in [0.3, 0.4) is 0 Å². The maximum Gasteiger partial charge on any atom is 0.358 e. The van der Waals surface area contributed by atoms with E-state index in [1.165, 1.54) is 0 Å². The summed E-state index contributed by atoms with van der Waals surface area (Å²) in [5, 5.41) is 19.0. The van der Waals surface area contributed by atoms with E-state index in [1.807, 2.05) is 47.8 Å². The van der Waals surface area contributed by atoms with Gasteiger partial charge in [0, 0.05) is 11.3 Å². The Morgan fingerprint density at radius 2 is 2.00 bits per heavy atom. The molecule has 0 atom stereocenters. The topological polar surface area (TPSA) is 68.0 Å². The molecule has 0 saturated carbocycles. The number of aromatic nitrogens is 3. The third-order valence-electron chi connectivity index (χ3n) is 2.89. The Morgan fingerprint density at radius 3 is 2.65 bits per heavy atom. The fourth-order valence-electron chi connectivity index (χ4n) is 1.98. The largest absolute Gasteiger partial charge is 0.476 e. The van der Waals surface area contributed by atoms with Gasteiger partial charge in [0.15, 0.2) is 5.69 Å². The molecule has 100 valence electrons. The van der Waals surface area contributed by atoms with E-state index in [0.29, 0.717) is 12.1 Å². The molecular weight excluding hydrogens is 274 g/mol. The third kappa shape index (κ3) is 2.33. The van der Waals surface area contributed by atoms with Gasteiger partial charge >= 0.3 is 5.97 Å². The zero-order valence-corrected chi connectivity index (χ0v) is 11.2. The summed E-state index contributed by atoms with van der Waals surface area (Å²) >= 11 is 1.58. The van der Waals surface area contributed by atoms with Crippen LogP contribution < -0.4 is 0 Å². The molecule has 1 N–H and O–H groups in total. The lowest BCUT2D eigenvalue weighted by atomic mass is 10.2. The highest BCUT2D eigenvalue weighted by atomic mass is 32.1. The lowest BCUT2D eigenvalue weighted by Gasteiger charge is -2.05. The SMILES string of the molecule is O=C(O)c1nnn(-c2ccccc2)c1Cc1cccs1. The van der Waals surface area contributed by atoms with Gasteiger partial charge in [-0.3, -0.25) is 0 Å². The van der Waals surface area contributed by atoms with Crippen LogP contribution in [0.15, 0.2) is 47.8 Å². The average Bonchev–Trinajstić information content (AvgIpc) is 3.10. The van der Waals surface area contributed by atoms with Crippen molar-refractivity contribution in [2.24, 2.45) is 0 Å². The van der Waals surface area contributed by atoms with E-state index < -0.39 is 5.97 Å². The lowest BCUT2D eigenvalue weighted by Crippen LogP contribution is -2.07. The van der Waals surface area contributed by atoms with Gasteiger partial charge in [-0.25, -0.2) is 9.48 Å². The van der Waals surface area contributed by atoms with E-state index in [9.17, 15) is 9.90 Å². The van der Waals surface area contributed by atoms with Gasteiger partial charge in [0.05, 0.1) is 11.4 Å². The van der Waals surface area contributed by atoms with Crippen LogP contribution in [0.2, 0.25) is 0 Å². The molecule has 0 aliphatic rings. The molecule has 1 aromatic carbocycles. The van der Waals surface area contributed by atoms with Crippen molar-refractivity contribution in [1.29, 1.82) is 0 Å². The highest BCUT2D eigenvalue weighted by Crippen LogP contribution is 2.19. The molecule has 0 aliphatic carbocycles. The van der Waals surface area contributed by atoms with Gasteiger partial charge in [0.1, 0.15) is 0 Å². The number of thiophene rings is 1. The molecule has 3 rings (SSSR count). The van der Waals surface area contributed by atoms with Crippen molar-refractivity contribution in [1.82, 2.24) is 15.0 Å². The molecule has 6 heteroatoms. The number of carboxylic acid groups (broad SMARTS) is 1. The second-order valence-electron chi connectivity index (χ2n) is 4.19. The van der Waals surface area contributed by atoms with E-state index in [4.69, 9.17) is 0 Å². The van der Waals surface area contributed by atoms with Gasteiger partial charge < -0.3 is 5.11 Å². The molecule has 0 saturated heterocycles. The second kappa shape index (κ2) is 5.26. The zero-order chi connectivity index (χ0) is 13.9. The highest BCUT2D eigenvalue weighted by Gasteiger charge is 2.20. The van der Waals surface area contributed by atoms with Gasteiger partial charge in [-0.05, 0) is 23.6 Å². The van der Waals surface area contributed by atoms with Crippen LogP contribution in [0.25, 0.3) is 5.69 Å². The van der Waals surface area contributed by atoms with E-state index in [0.717, 1.165) is 10.6 Å². The fraction of sp³-hybridized carbons (Fsp3) is 0.0714. The summed E-state index contributed by atoms with van der Waals surface area (Å²) in [6.07, 6.45) is 0.501. The maximum absolute atomic E-state index is 11.3. The van der Waals surface area contributed by atoms with Crippen LogP contribution in [-0.4, -0.2) is 26.1 Å². The minimum atomic E-state index is -1.06. The molecule has 5 nitrogen and oxygen atoms in total. The fourth-order valence-corrected chi connectivity index (χ4v) is 2.69. The quantitative estimate of drug-likeness (QED) is 0.800. The zero-order valence-electron chi connectivity index (χ0n) is 10.4. The normalized spacial score (nSPS) is 10.6. The van der Waals surface area contributed by atoms with Crippen LogP contribution in [0.1, 0.15) is 21.1 Å². The molecular formula is C14H11N3O2S. The van der Waals surface area contributed by atoms with E-state index >= 15 is 0 Å². The summed E-state index contributed by atoms with van der Waals surface area (Å²) < 4.78 is 1.59. The van der Waals surface area contributed by atoms with Crippen molar-refractivity contribution < 1.29 is 9.90 Å². The third-order valence-corrected chi connectivity index (χ3v) is 3.76. The van der Waals surface area contributed by atoms with E-state index in [2.05, 4.69) is 10.3 Å². The van der Waals surface area contributed by atoms with Crippen molar-refractivity contribution in [3.63, 3.8) is 0 Å². The minimum absolute atomic E-state index is 0.00209. The lowest BCUT2D eigenvalue weighted by molar-refractivity contribution is 0.0689. The summed E-state index contributed by atoms with van der Waals surface area (Å²) in [5.74, 6) is -1.06. The molecule has 0 radical (unpaired) electrons. The summed E-state index contributed by atoms with van der Waals surface area (Å²) in [6, 6.07) is 13.3. The van der Waals surface area contributed by atoms with Gasteiger partial charge in [0.25, 0.3) is 0 Å². The first kappa shape index (κ1) is 12.6. The monoisotopic (exact) mass is 285 g/mol. The number of hydrogen-bond acceptors (Lipinski definition) is 4. The first-order valence-electron chi connectivity index (χ1n) is 6.01. The Labute approximate surface area is 119 Å². The van der Waals surface area contributed by atoms with Crippen molar-refractivity contribution in [3.8, 4) is 5.69 Å². The summed E-state index contributed by atoms with van der Waals surface area (Å²) in [6.45, 7) is 0.